The van der Waals surface area contributed by atoms with Gasteiger partial charge in [-0.05, 0) is 31.7 Å². The molecule has 0 amide bonds. The van der Waals surface area contributed by atoms with Crippen LogP contribution in [0.2, 0.25) is 0 Å². The van der Waals surface area contributed by atoms with Crippen LogP contribution >= 0.6 is 0 Å². The van der Waals surface area contributed by atoms with Gasteiger partial charge in [0.2, 0.25) is 0 Å². The van der Waals surface area contributed by atoms with Gasteiger partial charge in [0.05, 0.1) is 23.3 Å². The quantitative estimate of drug-likeness (QED) is 0.443. The molecule has 24 heavy (non-hydrogen) atoms. The zero-order chi connectivity index (χ0) is 16.5. The van der Waals surface area contributed by atoms with Crippen LogP contribution < -0.4 is 0 Å². The lowest BCUT2D eigenvalue weighted by Gasteiger charge is -2.05. The summed E-state index contributed by atoms with van der Waals surface area (Å²) in [5, 5.41) is 0.978. The van der Waals surface area contributed by atoms with Gasteiger partial charge in [-0.25, -0.2) is 4.98 Å². The molecule has 1 aliphatic rings. The molecule has 0 unspecified atom stereocenters. The minimum absolute atomic E-state index is 0.547. The third-order valence-electron chi connectivity index (χ3n) is 4.30. The van der Waals surface area contributed by atoms with Gasteiger partial charge in [0, 0.05) is 46.4 Å². The molecule has 1 N–H and O–H groups in total. The van der Waals surface area contributed by atoms with Gasteiger partial charge in [-0.3, -0.25) is 14.8 Å². The smallest absolute Gasteiger partial charge is 0.145 e. The first-order chi connectivity index (χ1) is 11.8. The fourth-order valence-electron chi connectivity index (χ4n) is 2.88. The molecule has 5 heteroatoms. The Morgan fingerprint density at radius 3 is 2.96 bits per heavy atom. The number of nitrogens with one attached hydrogen (secondary N) is 1. The van der Waals surface area contributed by atoms with Crippen molar-refractivity contribution in [2.45, 2.75) is 18.8 Å². The number of allylic oxidation sites excluding steroid dienone is 1. The van der Waals surface area contributed by atoms with Crippen molar-refractivity contribution < 1.29 is 4.79 Å². The van der Waals surface area contributed by atoms with Crippen molar-refractivity contribution in [3.05, 3.63) is 54.1 Å². The van der Waals surface area contributed by atoms with Crippen LogP contribution in [0.1, 0.15) is 30.0 Å². The molecule has 1 fully saturated rings. The number of H-pyrrole nitrogens is 1. The molecule has 1 saturated carbocycles. The molecule has 2 heterocycles. The zero-order valence-electron chi connectivity index (χ0n) is 13.1. The van der Waals surface area contributed by atoms with Crippen molar-refractivity contribution in [1.29, 1.82) is 0 Å². The van der Waals surface area contributed by atoms with Crippen LogP contribution in [0.3, 0.4) is 0 Å². The van der Waals surface area contributed by atoms with E-state index in [-0.39, 0.29) is 0 Å². The lowest BCUT2D eigenvalue weighted by atomic mass is 10.1. The third-order valence-corrected chi connectivity index (χ3v) is 4.30. The Morgan fingerprint density at radius 1 is 1.33 bits per heavy atom. The van der Waals surface area contributed by atoms with Crippen LogP contribution in [0.4, 0.5) is 0 Å². The summed E-state index contributed by atoms with van der Waals surface area (Å²) in [5.74, 6) is 0.566. The second-order valence-electron chi connectivity index (χ2n) is 5.91. The minimum Gasteiger partial charge on any atom is -0.360 e. The first-order valence-corrected chi connectivity index (χ1v) is 7.86. The Balaban J connectivity index is 1.82. The summed E-state index contributed by atoms with van der Waals surface area (Å²) in [5.41, 5.74) is 5.29. The zero-order valence-corrected chi connectivity index (χ0v) is 13.1. The number of carbonyl (C=O) groups excluding carboxylic acids is 1. The van der Waals surface area contributed by atoms with Crippen LogP contribution in [0.25, 0.3) is 27.9 Å². The normalized spacial score (nSPS) is 14.8. The topological polar surface area (TPSA) is 71.0 Å². The molecule has 0 saturated heterocycles. The maximum atomic E-state index is 10.8. The molecule has 1 aromatic carbocycles. The van der Waals surface area contributed by atoms with Crippen LogP contribution in [0.15, 0.2) is 47.9 Å². The molecular formula is C19H16N4O. The number of hydrogen-bond donors (Lipinski definition) is 1. The van der Waals surface area contributed by atoms with E-state index >= 15 is 0 Å². The number of carbonyl (C=O) groups is 1. The van der Waals surface area contributed by atoms with Crippen LogP contribution in [-0.2, 0) is 4.79 Å². The van der Waals surface area contributed by atoms with Crippen molar-refractivity contribution in [3.63, 3.8) is 0 Å². The maximum Gasteiger partial charge on any atom is 0.145 e. The van der Waals surface area contributed by atoms with E-state index in [2.05, 4.69) is 21.7 Å². The highest BCUT2D eigenvalue weighted by Crippen LogP contribution is 2.39. The maximum absolute atomic E-state index is 10.8. The SMILES string of the molecule is C=N/C(=C\C=O)c1c[nH]c2ccc(-c3cncc(C4CC4)n3)cc12. The van der Waals surface area contributed by atoms with E-state index in [1.165, 1.54) is 18.9 Å². The highest BCUT2D eigenvalue weighted by molar-refractivity contribution is 5.97. The fourth-order valence-corrected chi connectivity index (χ4v) is 2.88. The number of rotatable bonds is 5. The number of hydrogen-bond acceptors (Lipinski definition) is 4. The highest BCUT2D eigenvalue weighted by Gasteiger charge is 2.25. The van der Waals surface area contributed by atoms with Gasteiger partial charge in [-0.15, -0.1) is 0 Å². The monoisotopic (exact) mass is 316 g/mol. The van der Waals surface area contributed by atoms with Crippen molar-refractivity contribution >= 4 is 29.6 Å². The molecule has 1 aliphatic carbocycles. The summed E-state index contributed by atoms with van der Waals surface area (Å²) in [6, 6.07) is 6.07. The summed E-state index contributed by atoms with van der Waals surface area (Å²) < 4.78 is 0. The first-order valence-electron chi connectivity index (χ1n) is 7.86. The molecule has 0 radical (unpaired) electrons. The number of nitrogens with zero attached hydrogens (tertiary/aromatic N) is 3. The Kier molecular flexibility index (Phi) is 3.54. The number of aldehydes is 1. The Hall–Kier alpha value is -3.08. The van der Waals surface area contributed by atoms with E-state index in [0.29, 0.717) is 11.6 Å². The minimum atomic E-state index is 0.547. The van der Waals surface area contributed by atoms with Crippen molar-refractivity contribution in [2.75, 3.05) is 0 Å². The number of fused-ring (bicyclic) bond motifs is 1. The summed E-state index contributed by atoms with van der Waals surface area (Å²) >= 11 is 0. The van der Waals surface area contributed by atoms with E-state index in [1.807, 2.05) is 30.6 Å². The number of aromatic amines is 1. The second-order valence-corrected chi connectivity index (χ2v) is 5.91. The van der Waals surface area contributed by atoms with Gasteiger partial charge in [-0.2, -0.15) is 0 Å². The molecule has 2 aromatic heterocycles. The highest BCUT2D eigenvalue weighted by atomic mass is 16.1. The number of benzene rings is 1. The lowest BCUT2D eigenvalue weighted by Crippen LogP contribution is -1.92. The van der Waals surface area contributed by atoms with Crippen molar-refractivity contribution in [3.8, 4) is 11.3 Å². The predicted octanol–water partition coefficient (Wildman–Crippen LogP) is 3.74. The fraction of sp³-hybridized carbons (Fsp3) is 0.158. The van der Waals surface area contributed by atoms with Gasteiger partial charge in [0.25, 0.3) is 0 Å². The van der Waals surface area contributed by atoms with E-state index < -0.39 is 0 Å². The van der Waals surface area contributed by atoms with E-state index in [0.717, 1.165) is 39.7 Å². The molecule has 5 nitrogen and oxygen atoms in total. The van der Waals surface area contributed by atoms with Gasteiger partial charge >= 0.3 is 0 Å². The van der Waals surface area contributed by atoms with E-state index in [1.54, 1.807) is 6.20 Å². The lowest BCUT2D eigenvalue weighted by molar-refractivity contribution is -0.104. The summed E-state index contributed by atoms with van der Waals surface area (Å²) in [4.78, 5) is 27.0. The summed E-state index contributed by atoms with van der Waals surface area (Å²) in [6.45, 7) is 3.55. The molecule has 0 spiro atoms. The van der Waals surface area contributed by atoms with Gasteiger partial charge in [0.15, 0.2) is 0 Å². The molecule has 118 valence electrons. The Morgan fingerprint density at radius 2 is 2.21 bits per heavy atom. The molecular weight excluding hydrogens is 300 g/mol. The summed E-state index contributed by atoms with van der Waals surface area (Å²) in [7, 11) is 0. The molecule has 4 rings (SSSR count). The molecule has 0 bridgehead atoms. The number of aliphatic imine (C=N–C) groups is 1. The molecule has 0 aliphatic heterocycles. The van der Waals surface area contributed by atoms with Crippen molar-refractivity contribution in [2.24, 2.45) is 4.99 Å². The van der Waals surface area contributed by atoms with Crippen LogP contribution in [0.5, 0.6) is 0 Å². The average molecular weight is 316 g/mol. The number of aromatic nitrogens is 3. The van der Waals surface area contributed by atoms with Crippen molar-refractivity contribution in [1.82, 2.24) is 15.0 Å². The van der Waals surface area contributed by atoms with Crippen LogP contribution in [-0.4, -0.2) is 28.0 Å². The van der Waals surface area contributed by atoms with Gasteiger partial charge < -0.3 is 4.98 Å². The molecule has 3 aromatic rings. The van der Waals surface area contributed by atoms with E-state index in [9.17, 15) is 4.79 Å². The Labute approximate surface area is 139 Å². The van der Waals surface area contributed by atoms with Gasteiger partial charge in [-0.1, -0.05) is 6.07 Å². The first kappa shape index (κ1) is 14.5. The average Bonchev–Trinajstić information content (AvgIpc) is 3.40. The summed E-state index contributed by atoms with van der Waals surface area (Å²) in [6.07, 6.45) is 10.0. The van der Waals surface area contributed by atoms with Gasteiger partial charge in [0.1, 0.15) is 6.29 Å². The van der Waals surface area contributed by atoms with Crippen LogP contribution in [0, 0.1) is 0 Å². The Bertz CT molecular complexity index is 966. The molecule has 0 atom stereocenters. The largest absolute Gasteiger partial charge is 0.360 e. The standard InChI is InChI=1S/C19H16N4O/c1-20-16(6-7-24)15-9-22-17-5-4-13(8-14(15)17)19-11-21-10-18(23-19)12-2-3-12/h4-12,22H,1-3H2/b16-6-. The van der Waals surface area contributed by atoms with E-state index in [4.69, 9.17) is 4.98 Å². The third kappa shape index (κ3) is 2.54. The predicted molar refractivity (Wildman–Crippen MR) is 94.9 cm³/mol. The second kappa shape index (κ2) is 5.85.